The van der Waals surface area contributed by atoms with Crippen molar-refractivity contribution >= 4 is 17.6 Å². The Morgan fingerprint density at radius 2 is 1.96 bits per heavy atom. The quantitative estimate of drug-likeness (QED) is 0.709. The highest BCUT2D eigenvalue weighted by Gasteiger charge is 2.32. The number of carbonyl (C=O) groups is 1. The molecule has 0 fully saturated rings. The molecule has 0 saturated carbocycles. The molecule has 132 valence electrons. The zero-order valence-electron chi connectivity index (χ0n) is 14.4. The van der Waals surface area contributed by atoms with Crippen molar-refractivity contribution in [3.05, 3.63) is 81.9 Å². The van der Waals surface area contributed by atoms with Crippen molar-refractivity contribution in [2.24, 2.45) is 0 Å². The van der Waals surface area contributed by atoms with E-state index in [-0.39, 0.29) is 17.8 Å². The van der Waals surface area contributed by atoms with E-state index in [0.717, 1.165) is 16.8 Å². The van der Waals surface area contributed by atoms with E-state index in [1.807, 2.05) is 54.8 Å². The summed E-state index contributed by atoms with van der Waals surface area (Å²) in [6.45, 7) is 3.78. The molecule has 2 aromatic carbocycles. The van der Waals surface area contributed by atoms with Crippen LogP contribution >= 0.6 is 11.6 Å². The first-order valence-electron chi connectivity index (χ1n) is 8.40. The van der Waals surface area contributed by atoms with Gasteiger partial charge in [-0.25, -0.2) is 9.78 Å². The molecule has 1 aliphatic heterocycles. The Kier molecular flexibility index (Phi) is 4.05. The van der Waals surface area contributed by atoms with Crippen molar-refractivity contribution < 1.29 is 9.90 Å². The van der Waals surface area contributed by atoms with Gasteiger partial charge in [-0.15, -0.1) is 0 Å². The zero-order valence-corrected chi connectivity index (χ0v) is 15.2. The number of hydrogen-bond donors (Lipinski definition) is 2. The predicted octanol–water partition coefficient (Wildman–Crippen LogP) is 4.29. The number of hydrogen-bond acceptors (Lipinski definition) is 3. The lowest BCUT2D eigenvalue weighted by Gasteiger charge is -2.22. The van der Waals surface area contributed by atoms with Gasteiger partial charge in [0.25, 0.3) is 0 Å². The fourth-order valence-electron chi connectivity index (χ4n) is 3.71. The van der Waals surface area contributed by atoms with Gasteiger partial charge in [-0.3, -0.25) is 9.88 Å². The minimum atomic E-state index is -1.02. The van der Waals surface area contributed by atoms with Gasteiger partial charge >= 0.3 is 5.97 Å². The maximum atomic E-state index is 11.7. The first-order chi connectivity index (χ1) is 12.5. The van der Waals surface area contributed by atoms with E-state index in [1.165, 1.54) is 0 Å². The van der Waals surface area contributed by atoms with Crippen LogP contribution in [0.3, 0.4) is 0 Å². The third-order valence-corrected chi connectivity index (χ3v) is 5.02. The van der Waals surface area contributed by atoms with Crippen molar-refractivity contribution in [3.8, 4) is 5.69 Å². The van der Waals surface area contributed by atoms with Crippen LogP contribution in [0.4, 0.5) is 0 Å². The van der Waals surface area contributed by atoms with Crippen LogP contribution in [0, 0.1) is 6.92 Å². The van der Waals surface area contributed by atoms with Gasteiger partial charge in [0.15, 0.2) is 5.69 Å². The predicted molar refractivity (Wildman–Crippen MR) is 100 cm³/mol. The van der Waals surface area contributed by atoms with Crippen LogP contribution in [0.5, 0.6) is 0 Å². The molecule has 26 heavy (non-hydrogen) atoms. The highest BCUT2D eigenvalue weighted by molar-refractivity contribution is 6.30. The van der Waals surface area contributed by atoms with Crippen molar-refractivity contribution in [3.63, 3.8) is 0 Å². The van der Waals surface area contributed by atoms with E-state index >= 15 is 0 Å². The smallest absolute Gasteiger partial charge is 0.356 e. The number of carboxylic acid groups (broad SMARTS) is 1. The lowest BCUT2D eigenvalue weighted by Crippen LogP contribution is -2.25. The maximum Gasteiger partial charge on any atom is 0.356 e. The third-order valence-electron chi connectivity index (χ3n) is 4.78. The number of benzene rings is 2. The molecule has 5 nitrogen and oxygen atoms in total. The van der Waals surface area contributed by atoms with E-state index in [2.05, 4.69) is 22.4 Å². The molecule has 2 atom stereocenters. The summed E-state index contributed by atoms with van der Waals surface area (Å²) in [5.41, 5.74) is 3.71. The molecule has 0 radical (unpaired) electrons. The minimum absolute atomic E-state index is 0.0807. The molecule has 0 spiro atoms. The first kappa shape index (κ1) is 16.8. The molecule has 0 aliphatic carbocycles. The molecule has 4 rings (SSSR count). The van der Waals surface area contributed by atoms with Gasteiger partial charge in [-0.1, -0.05) is 41.9 Å². The van der Waals surface area contributed by atoms with Crippen LogP contribution in [0.2, 0.25) is 5.02 Å². The zero-order chi connectivity index (χ0) is 18.4. The average molecular weight is 368 g/mol. The summed E-state index contributed by atoms with van der Waals surface area (Å²) in [5, 5.41) is 13.8. The number of nitrogens with zero attached hydrogens (tertiary/aromatic N) is 2. The van der Waals surface area contributed by atoms with Gasteiger partial charge < -0.3 is 5.11 Å². The molecule has 0 amide bonds. The summed E-state index contributed by atoms with van der Waals surface area (Å²) in [6.07, 6.45) is 0. The molecule has 1 aliphatic rings. The van der Waals surface area contributed by atoms with E-state index in [4.69, 9.17) is 11.6 Å². The third kappa shape index (κ3) is 2.60. The van der Waals surface area contributed by atoms with Gasteiger partial charge in [0.05, 0.1) is 17.4 Å². The van der Waals surface area contributed by atoms with E-state index in [9.17, 15) is 9.90 Å². The van der Waals surface area contributed by atoms with Gasteiger partial charge in [-0.05, 0) is 43.2 Å². The standard InChI is InChI=1S/C20H18ClN3O2/c1-11-19-18(20(25)26)23-12(2)24(19)16-9-8-14(21)10-15(16)17(22-11)13-6-4-3-5-7-13/h3-11,17,22H,1-2H3,(H,25,26). The van der Waals surface area contributed by atoms with Gasteiger partial charge in [0.2, 0.25) is 0 Å². The van der Waals surface area contributed by atoms with E-state index < -0.39 is 5.97 Å². The lowest BCUT2D eigenvalue weighted by atomic mass is 9.97. The largest absolute Gasteiger partial charge is 0.476 e. The second-order valence-electron chi connectivity index (χ2n) is 6.47. The van der Waals surface area contributed by atoms with Crippen LogP contribution in [0.15, 0.2) is 48.5 Å². The first-order valence-corrected chi connectivity index (χ1v) is 8.78. The summed E-state index contributed by atoms with van der Waals surface area (Å²) < 4.78 is 1.93. The molecule has 2 heterocycles. The summed E-state index contributed by atoms with van der Waals surface area (Å²) in [6, 6.07) is 15.4. The number of aryl methyl sites for hydroxylation is 1. The van der Waals surface area contributed by atoms with Crippen LogP contribution < -0.4 is 5.32 Å². The number of halogens is 1. The Bertz CT molecular complexity index is 998. The number of nitrogens with one attached hydrogen (secondary N) is 1. The van der Waals surface area contributed by atoms with Crippen molar-refractivity contribution in [2.45, 2.75) is 25.9 Å². The fourth-order valence-corrected chi connectivity index (χ4v) is 3.89. The molecule has 1 aromatic heterocycles. The maximum absolute atomic E-state index is 11.7. The topological polar surface area (TPSA) is 67.1 Å². The number of aromatic nitrogens is 2. The number of carboxylic acids is 1. The van der Waals surface area contributed by atoms with Gasteiger partial charge in [0.1, 0.15) is 5.82 Å². The number of rotatable bonds is 2. The monoisotopic (exact) mass is 367 g/mol. The molecular weight excluding hydrogens is 350 g/mol. The molecule has 0 saturated heterocycles. The molecular formula is C20H18ClN3O2. The highest BCUT2D eigenvalue weighted by Crippen LogP contribution is 2.38. The second kappa shape index (κ2) is 6.27. The molecule has 3 aromatic rings. The van der Waals surface area contributed by atoms with E-state index in [0.29, 0.717) is 16.5 Å². The van der Waals surface area contributed by atoms with Crippen molar-refractivity contribution in [2.75, 3.05) is 0 Å². The average Bonchev–Trinajstić information content (AvgIpc) is 2.91. The fraction of sp³-hybridized carbons (Fsp3) is 0.200. The van der Waals surface area contributed by atoms with Crippen LogP contribution in [-0.4, -0.2) is 20.6 Å². The Hall–Kier alpha value is -2.63. The van der Waals surface area contributed by atoms with Gasteiger partial charge in [0, 0.05) is 11.1 Å². The Labute approximate surface area is 156 Å². The lowest BCUT2D eigenvalue weighted by molar-refractivity contribution is 0.0688. The Morgan fingerprint density at radius 3 is 2.65 bits per heavy atom. The normalized spacial score (nSPS) is 18.7. The number of aromatic carboxylic acids is 1. The Balaban J connectivity index is 2.02. The van der Waals surface area contributed by atoms with Crippen molar-refractivity contribution in [1.29, 1.82) is 0 Å². The summed E-state index contributed by atoms with van der Waals surface area (Å²) >= 11 is 6.29. The molecule has 2 unspecified atom stereocenters. The minimum Gasteiger partial charge on any atom is -0.476 e. The molecule has 6 heteroatoms. The SMILES string of the molecule is Cc1nc(C(=O)O)c2n1-c1ccc(Cl)cc1C(c1ccccc1)NC2C. The second-order valence-corrected chi connectivity index (χ2v) is 6.91. The van der Waals surface area contributed by atoms with Gasteiger partial charge in [-0.2, -0.15) is 0 Å². The van der Waals surface area contributed by atoms with Crippen molar-refractivity contribution in [1.82, 2.24) is 14.9 Å². The number of imidazole rings is 1. The Morgan fingerprint density at radius 1 is 1.23 bits per heavy atom. The van der Waals surface area contributed by atoms with E-state index in [1.54, 1.807) is 0 Å². The number of fused-ring (bicyclic) bond motifs is 3. The summed E-state index contributed by atoms with van der Waals surface area (Å²) in [4.78, 5) is 16.0. The van der Waals surface area contributed by atoms with Crippen LogP contribution in [-0.2, 0) is 0 Å². The van der Waals surface area contributed by atoms with Crippen LogP contribution in [0.25, 0.3) is 5.69 Å². The molecule has 2 N–H and O–H groups in total. The van der Waals surface area contributed by atoms with Crippen LogP contribution in [0.1, 0.15) is 52.1 Å². The summed E-state index contributed by atoms with van der Waals surface area (Å²) in [7, 11) is 0. The highest BCUT2D eigenvalue weighted by atomic mass is 35.5. The summed E-state index contributed by atoms with van der Waals surface area (Å²) in [5.74, 6) is -0.382. The molecule has 0 bridgehead atoms.